The Morgan fingerprint density at radius 2 is 2.33 bits per heavy atom. The van der Waals surface area contributed by atoms with Crippen LogP contribution in [0.25, 0.3) is 0 Å². The molecule has 0 bridgehead atoms. The molecule has 9 heavy (non-hydrogen) atoms. The van der Waals surface area contributed by atoms with Gasteiger partial charge in [-0.2, -0.15) is 0 Å². The second-order valence-electron chi connectivity index (χ2n) is 1.56. The van der Waals surface area contributed by atoms with Gasteiger partial charge < -0.3 is 12.0 Å². The molecule has 49 valence electrons. The fourth-order valence-electron chi connectivity index (χ4n) is 0.302. The number of allylic oxidation sites excluding steroid dienone is 1. The van der Waals surface area contributed by atoms with E-state index >= 15 is 0 Å². The molecule has 0 aliphatic rings. The Morgan fingerprint density at radius 3 is 2.44 bits per heavy atom. The summed E-state index contributed by atoms with van der Waals surface area (Å²) < 4.78 is 0. The SMILES string of the molecule is C=CCC([CH2-])C(=O)O.[Y]. The molecule has 1 atom stereocenters. The first-order valence-corrected chi connectivity index (χ1v) is 2.35. The average Bonchev–Trinajstić information content (AvgIpc) is 1.67. The predicted octanol–water partition coefficient (Wildman–Crippen LogP) is 1.09. The summed E-state index contributed by atoms with van der Waals surface area (Å²) in [7, 11) is 0. The third kappa shape index (κ3) is 6.20. The van der Waals surface area contributed by atoms with Gasteiger partial charge >= 0.3 is 0 Å². The van der Waals surface area contributed by atoms with Crippen molar-refractivity contribution in [3.8, 4) is 0 Å². The minimum atomic E-state index is -0.870. The summed E-state index contributed by atoms with van der Waals surface area (Å²) >= 11 is 0. The number of carboxylic acids is 1. The summed E-state index contributed by atoms with van der Waals surface area (Å²) in [5.41, 5.74) is 0. The van der Waals surface area contributed by atoms with E-state index in [1.54, 1.807) is 6.08 Å². The Labute approximate surface area is 80.2 Å². The Bertz CT molecular complexity index is 101. The van der Waals surface area contributed by atoms with Crippen molar-refractivity contribution in [2.45, 2.75) is 6.42 Å². The molecule has 0 heterocycles. The van der Waals surface area contributed by atoms with E-state index in [1.165, 1.54) is 0 Å². The summed E-state index contributed by atoms with van der Waals surface area (Å²) in [5.74, 6) is -1.41. The van der Waals surface area contributed by atoms with Gasteiger partial charge in [0.15, 0.2) is 0 Å². The van der Waals surface area contributed by atoms with Gasteiger partial charge in [0.25, 0.3) is 5.97 Å². The predicted molar refractivity (Wildman–Crippen MR) is 31.3 cm³/mol. The van der Waals surface area contributed by atoms with E-state index < -0.39 is 11.9 Å². The summed E-state index contributed by atoms with van der Waals surface area (Å²) in [4.78, 5) is 9.98. The Morgan fingerprint density at radius 1 is 1.89 bits per heavy atom. The first-order valence-electron chi connectivity index (χ1n) is 2.35. The monoisotopic (exact) mass is 202 g/mol. The Kier molecular flexibility index (Phi) is 8.60. The third-order valence-corrected chi connectivity index (χ3v) is 0.800. The van der Waals surface area contributed by atoms with Crippen LogP contribution in [0.2, 0.25) is 0 Å². The standard InChI is InChI=1S/C6H9O2.Y/c1-3-4-5(2)6(7)8;/h3,5H,1-2,4H2,(H,7,8);/q-1;. The summed E-state index contributed by atoms with van der Waals surface area (Å²) in [6.07, 6.45) is 1.99. The van der Waals surface area contributed by atoms with Crippen LogP contribution in [0, 0.1) is 12.8 Å². The van der Waals surface area contributed by atoms with Gasteiger partial charge in [0, 0.05) is 32.7 Å². The number of carboxylic acid groups (broad SMARTS) is 1. The molecule has 0 aliphatic heterocycles. The second kappa shape index (κ2) is 6.43. The molecule has 0 aliphatic carbocycles. The largest absolute Gasteiger partial charge is 0.483 e. The first-order chi connectivity index (χ1) is 3.68. The summed E-state index contributed by atoms with van der Waals surface area (Å²) in [6.45, 7) is 6.74. The zero-order chi connectivity index (χ0) is 6.57. The molecule has 0 saturated carbocycles. The van der Waals surface area contributed by atoms with Gasteiger partial charge in [-0.05, 0) is 6.42 Å². The van der Waals surface area contributed by atoms with Crippen molar-refractivity contribution in [2.75, 3.05) is 0 Å². The molecule has 0 aromatic heterocycles. The molecular weight excluding hydrogens is 193 g/mol. The van der Waals surface area contributed by atoms with Gasteiger partial charge in [0.05, 0.1) is 0 Å². The van der Waals surface area contributed by atoms with E-state index in [2.05, 4.69) is 13.5 Å². The van der Waals surface area contributed by atoms with Gasteiger partial charge in [0.2, 0.25) is 0 Å². The van der Waals surface area contributed by atoms with Crippen molar-refractivity contribution < 1.29 is 42.6 Å². The van der Waals surface area contributed by atoms with E-state index in [0.29, 0.717) is 6.42 Å². The number of aliphatic carboxylic acids is 1. The number of rotatable bonds is 3. The van der Waals surface area contributed by atoms with Crippen LogP contribution in [0.1, 0.15) is 6.42 Å². The average molecular weight is 202 g/mol. The van der Waals surface area contributed by atoms with E-state index in [0.717, 1.165) is 0 Å². The van der Waals surface area contributed by atoms with E-state index in [1.807, 2.05) is 0 Å². The van der Waals surface area contributed by atoms with Gasteiger partial charge in [-0.3, -0.25) is 4.79 Å². The van der Waals surface area contributed by atoms with Gasteiger partial charge in [-0.1, -0.05) is 12.0 Å². The maximum absolute atomic E-state index is 9.98. The molecular formula is C6H9O2Y-. The fraction of sp³-hybridized carbons (Fsp3) is 0.333. The van der Waals surface area contributed by atoms with Gasteiger partial charge in [-0.15, -0.1) is 6.58 Å². The zero-order valence-corrected chi connectivity index (χ0v) is 8.05. The van der Waals surface area contributed by atoms with Crippen molar-refractivity contribution in [1.82, 2.24) is 0 Å². The molecule has 1 N–H and O–H groups in total. The van der Waals surface area contributed by atoms with E-state index in [-0.39, 0.29) is 32.7 Å². The Balaban J connectivity index is 0. The maximum Gasteiger partial charge on any atom is 0.276 e. The molecule has 0 fully saturated rings. The van der Waals surface area contributed by atoms with Gasteiger partial charge in [0.1, 0.15) is 0 Å². The smallest absolute Gasteiger partial charge is 0.276 e. The molecule has 0 aromatic rings. The minimum Gasteiger partial charge on any atom is -0.483 e. The molecule has 1 unspecified atom stereocenters. The fourth-order valence-corrected chi connectivity index (χ4v) is 0.302. The van der Waals surface area contributed by atoms with Crippen molar-refractivity contribution in [3.05, 3.63) is 19.6 Å². The van der Waals surface area contributed by atoms with Crippen LogP contribution < -0.4 is 0 Å². The van der Waals surface area contributed by atoms with E-state index in [4.69, 9.17) is 5.11 Å². The molecule has 0 aromatic carbocycles. The first kappa shape index (κ1) is 12.0. The van der Waals surface area contributed by atoms with Crippen molar-refractivity contribution in [1.29, 1.82) is 0 Å². The quantitative estimate of drug-likeness (QED) is 0.549. The van der Waals surface area contributed by atoms with Crippen molar-refractivity contribution >= 4 is 5.97 Å². The third-order valence-electron chi connectivity index (χ3n) is 0.800. The molecule has 0 spiro atoms. The van der Waals surface area contributed by atoms with Gasteiger partial charge in [-0.25, -0.2) is 0 Å². The van der Waals surface area contributed by atoms with E-state index in [9.17, 15) is 4.79 Å². The number of hydrogen-bond acceptors (Lipinski definition) is 1. The number of carbonyl (C=O) groups is 1. The van der Waals surface area contributed by atoms with Crippen LogP contribution >= 0.6 is 0 Å². The minimum absolute atomic E-state index is 0. The molecule has 0 amide bonds. The van der Waals surface area contributed by atoms with Crippen LogP contribution in [0.5, 0.6) is 0 Å². The molecule has 2 nitrogen and oxygen atoms in total. The second-order valence-corrected chi connectivity index (χ2v) is 1.56. The van der Waals surface area contributed by atoms with Crippen LogP contribution in [0.15, 0.2) is 12.7 Å². The van der Waals surface area contributed by atoms with Crippen LogP contribution in [0.3, 0.4) is 0 Å². The van der Waals surface area contributed by atoms with Crippen LogP contribution in [0.4, 0.5) is 0 Å². The Hall–Kier alpha value is 0.314. The van der Waals surface area contributed by atoms with Crippen molar-refractivity contribution in [3.63, 3.8) is 0 Å². The maximum atomic E-state index is 9.98. The summed E-state index contributed by atoms with van der Waals surface area (Å²) in [6, 6.07) is 0. The zero-order valence-electron chi connectivity index (χ0n) is 5.21. The van der Waals surface area contributed by atoms with Crippen LogP contribution in [-0.4, -0.2) is 11.1 Å². The van der Waals surface area contributed by atoms with Crippen molar-refractivity contribution in [2.24, 2.45) is 5.92 Å². The van der Waals surface area contributed by atoms with Crippen LogP contribution in [-0.2, 0) is 37.5 Å². The molecule has 1 radical (unpaired) electrons. The number of hydrogen-bond donors (Lipinski definition) is 1. The molecule has 0 rings (SSSR count). The summed E-state index contributed by atoms with van der Waals surface area (Å²) in [5, 5.41) is 8.20. The molecule has 0 saturated heterocycles. The normalized spacial score (nSPS) is 11.2. The topological polar surface area (TPSA) is 37.3 Å². The molecule has 3 heteroatoms.